The number of nitrogens with zero attached hydrogens (tertiary/aromatic N) is 3. The summed E-state index contributed by atoms with van der Waals surface area (Å²) in [5.41, 5.74) is 0.391. The molecule has 4 heterocycles. The summed E-state index contributed by atoms with van der Waals surface area (Å²) >= 11 is 6.18. The van der Waals surface area contributed by atoms with Crippen molar-refractivity contribution >= 4 is 34.8 Å². The van der Waals surface area contributed by atoms with Gasteiger partial charge in [-0.15, -0.1) is 0 Å². The zero-order chi connectivity index (χ0) is 25.5. The van der Waals surface area contributed by atoms with Crippen molar-refractivity contribution in [3.63, 3.8) is 0 Å². The molecule has 1 aliphatic carbocycles. The van der Waals surface area contributed by atoms with Gasteiger partial charge in [-0.05, 0) is 50.1 Å². The molecule has 1 saturated heterocycles. The molecule has 188 valence electrons. The summed E-state index contributed by atoms with van der Waals surface area (Å²) in [6.45, 7) is 2.34. The van der Waals surface area contributed by atoms with Crippen molar-refractivity contribution < 1.29 is 27.4 Å². The molecular weight excluding hydrogens is 499 g/mol. The SMILES string of the molecule is C[C@H]1CO[C@](c2cc(Cl)ncc2NC(=O)c2ccnc(Nc3ccc(C(F)(F)F)cn3)c2)(C2CC2)O1. The van der Waals surface area contributed by atoms with Gasteiger partial charge in [-0.2, -0.15) is 13.2 Å². The Labute approximate surface area is 209 Å². The van der Waals surface area contributed by atoms with Crippen molar-refractivity contribution in [2.45, 2.75) is 37.8 Å². The van der Waals surface area contributed by atoms with E-state index in [1.54, 1.807) is 6.07 Å². The van der Waals surface area contributed by atoms with Crippen molar-refractivity contribution in [1.82, 2.24) is 15.0 Å². The zero-order valence-corrected chi connectivity index (χ0v) is 19.7. The molecule has 36 heavy (non-hydrogen) atoms. The van der Waals surface area contributed by atoms with Gasteiger partial charge in [-0.1, -0.05) is 11.6 Å². The first kappa shape index (κ1) is 24.4. The fourth-order valence-corrected chi connectivity index (χ4v) is 4.22. The second-order valence-electron chi connectivity index (χ2n) is 8.67. The molecule has 2 fully saturated rings. The van der Waals surface area contributed by atoms with Gasteiger partial charge in [0.2, 0.25) is 0 Å². The van der Waals surface area contributed by atoms with Crippen LogP contribution >= 0.6 is 11.6 Å². The Balaban J connectivity index is 1.36. The standard InChI is InChI=1S/C24H21ClF3N5O3/c1-13-12-35-23(36-13,15-2-3-15)17-9-19(25)30-11-18(17)32-22(34)14-6-7-29-21(8-14)33-20-5-4-16(10-31-20)24(26,27)28/h4-11,13,15H,2-3,12H2,1H3,(H,32,34)(H,29,31,33)/t13-,23+/m0/s1. The molecule has 0 bridgehead atoms. The summed E-state index contributed by atoms with van der Waals surface area (Å²) in [6.07, 6.45) is 0.837. The summed E-state index contributed by atoms with van der Waals surface area (Å²) in [6, 6.07) is 6.70. The number of hydrogen-bond acceptors (Lipinski definition) is 7. The first-order chi connectivity index (χ1) is 17.1. The second kappa shape index (κ2) is 9.30. The van der Waals surface area contributed by atoms with Gasteiger partial charge in [-0.3, -0.25) is 4.79 Å². The van der Waals surface area contributed by atoms with E-state index >= 15 is 0 Å². The number of halogens is 4. The van der Waals surface area contributed by atoms with Crippen LogP contribution in [0.15, 0.2) is 48.9 Å². The van der Waals surface area contributed by atoms with Crippen LogP contribution in [0, 0.1) is 5.92 Å². The highest BCUT2D eigenvalue weighted by Gasteiger charge is 2.54. The lowest BCUT2D eigenvalue weighted by atomic mass is 10.00. The predicted molar refractivity (Wildman–Crippen MR) is 125 cm³/mol. The van der Waals surface area contributed by atoms with Gasteiger partial charge in [0, 0.05) is 29.4 Å². The maximum atomic E-state index is 13.1. The lowest BCUT2D eigenvalue weighted by Gasteiger charge is -2.30. The number of hydrogen-bond donors (Lipinski definition) is 2. The van der Waals surface area contributed by atoms with Crippen LogP contribution < -0.4 is 10.6 Å². The Kier molecular flexibility index (Phi) is 6.31. The van der Waals surface area contributed by atoms with Crippen LogP contribution in [-0.4, -0.2) is 33.6 Å². The Morgan fingerprint density at radius 3 is 2.56 bits per heavy atom. The van der Waals surface area contributed by atoms with Crippen LogP contribution in [0.2, 0.25) is 5.15 Å². The summed E-state index contributed by atoms with van der Waals surface area (Å²) < 4.78 is 50.6. The number of ether oxygens (including phenoxy) is 2. The molecule has 0 unspecified atom stereocenters. The van der Waals surface area contributed by atoms with Crippen molar-refractivity contribution in [2.24, 2.45) is 5.92 Å². The van der Waals surface area contributed by atoms with Crippen LogP contribution in [0.1, 0.15) is 41.3 Å². The molecule has 3 aromatic heterocycles. The summed E-state index contributed by atoms with van der Waals surface area (Å²) in [5, 5.41) is 5.90. The van der Waals surface area contributed by atoms with Crippen LogP contribution in [0.5, 0.6) is 0 Å². The lowest BCUT2D eigenvalue weighted by Crippen LogP contribution is -2.32. The molecule has 2 atom stereocenters. The van der Waals surface area contributed by atoms with E-state index in [0.29, 0.717) is 17.9 Å². The molecule has 3 aromatic rings. The van der Waals surface area contributed by atoms with Crippen LogP contribution in [0.3, 0.4) is 0 Å². The molecular formula is C24H21ClF3N5O3. The van der Waals surface area contributed by atoms with E-state index in [2.05, 4.69) is 25.6 Å². The molecule has 1 saturated carbocycles. The molecule has 12 heteroatoms. The Bertz CT molecular complexity index is 1290. The largest absolute Gasteiger partial charge is 0.417 e. The third kappa shape index (κ3) is 4.99. The highest BCUT2D eigenvalue weighted by molar-refractivity contribution is 6.29. The number of carbonyl (C=O) groups is 1. The smallest absolute Gasteiger partial charge is 0.343 e. The van der Waals surface area contributed by atoms with Gasteiger partial charge in [0.25, 0.3) is 5.91 Å². The number of amides is 1. The number of rotatable bonds is 6. The third-order valence-electron chi connectivity index (χ3n) is 5.89. The minimum absolute atomic E-state index is 0.117. The van der Waals surface area contributed by atoms with Gasteiger partial charge < -0.3 is 20.1 Å². The van der Waals surface area contributed by atoms with Gasteiger partial charge in [0.15, 0.2) is 5.79 Å². The molecule has 2 aliphatic rings. The van der Waals surface area contributed by atoms with Gasteiger partial charge in [0.1, 0.15) is 16.8 Å². The van der Waals surface area contributed by atoms with Crippen molar-refractivity contribution in [3.8, 4) is 0 Å². The quantitative estimate of drug-likeness (QED) is 0.413. The average Bonchev–Trinajstić information content (AvgIpc) is 3.62. The number of anilines is 3. The average molecular weight is 520 g/mol. The van der Waals surface area contributed by atoms with E-state index in [4.69, 9.17) is 21.1 Å². The topological polar surface area (TPSA) is 98.3 Å². The second-order valence-corrected chi connectivity index (χ2v) is 9.06. The number of nitrogens with one attached hydrogen (secondary N) is 2. The van der Waals surface area contributed by atoms with Gasteiger partial charge >= 0.3 is 6.18 Å². The summed E-state index contributed by atoms with van der Waals surface area (Å²) in [7, 11) is 0. The molecule has 0 aromatic carbocycles. The fourth-order valence-electron chi connectivity index (χ4n) is 4.07. The van der Waals surface area contributed by atoms with E-state index in [0.717, 1.165) is 25.1 Å². The molecule has 2 N–H and O–H groups in total. The maximum absolute atomic E-state index is 13.1. The minimum Gasteiger partial charge on any atom is -0.343 e. The lowest BCUT2D eigenvalue weighted by molar-refractivity contribution is -0.190. The number of pyridine rings is 3. The normalized spacial score (nSPS) is 21.9. The first-order valence-corrected chi connectivity index (χ1v) is 11.6. The van der Waals surface area contributed by atoms with Crippen molar-refractivity contribution in [3.05, 3.63) is 70.8 Å². The Morgan fingerprint density at radius 2 is 1.92 bits per heavy atom. The van der Waals surface area contributed by atoms with Gasteiger partial charge in [-0.25, -0.2) is 15.0 Å². The Morgan fingerprint density at radius 1 is 1.11 bits per heavy atom. The number of alkyl halides is 3. The molecule has 0 radical (unpaired) electrons. The van der Waals surface area contributed by atoms with Crippen LogP contribution in [0.25, 0.3) is 0 Å². The van der Waals surface area contributed by atoms with Crippen molar-refractivity contribution in [1.29, 1.82) is 0 Å². The molecule has 0 spiro atoms. The molecule has 1 amide bonds. The molecule has 5 rings (SSSR count). The van der Waals surface area contributed by atoms with E-state index in [9.17, 15) is 18.0 Å². The van der Waals surface area contributed by atoms with Gasteiger partial charge in [0.05, 0.1) is 30.2 Å². The monoisotopic (exact) mass is 519 g/mol. The van der Waals surface area contributed by atoms with E-state index < -0.39 is 23.4 Å². The van der Waals surface area contributed by atoms with E-state index in [-0.39, 0.29) is 34.4 Å². The summed E-state index contributed by atoms with van der Waals surface area (Å²) in [4.78, 5) is 25.1. The predicted octanol–water partition coefficient (Wildman–Crippen LogP) is 5.54. The maximum Gasteiger partial charge on any atom is 0.417 e. The third-order valence-corrected chi connectivity index (χ3v) is 6.09. The molecule has 1 aliphatic heterocycles. The first-order valence-electron chi connectivity index (χ1n) is 11.2. The number of aromatic nitrogens is 3. The van der Waals surface area contributed by atoms with Crippen molar-refractivity contribution in [2.75, 3.05) is 17.2 Å². The number of carbonyl (C=O) groups excluding carboxylic acids is 1. The van der Waals surface area contributed by atoms with Crippen LogP contribution in [0.4, 0.5) is 30.5 Å². The fraction of sp³-hybridized carbons (Fsp3) is 0.333. The van der Waals surface area contributed by atoms with Crippen LogP contribution in [-0.2, 0) is 21.4 Å². The molecule has 8 nitrogen and oxygen atoms in total. The Hall–Kier alpha value is -3.28. The summed E-state index contributed by atoms with van der Waals surface area (Å²) in [5.74, 6) is -0.940. The zero-order valence-electron chi connectivity index (χ0n) is 19.0. The van der Waals surface area contributed by atoms with E-state index in [1.165, 1.54) is 30.6 Å². The minimum atomic E-state index is -4.48. The highest BCUT2D eigenvalue weighted by atomic mass is 35.5. The van der Waals surface area contributed by atoms with E-state index in [1.807, 2.05) is 6.92 Å². The highest BCUT2D eigenvalue weighted by Crippen LogP contribution is 2.54.